The topological polar surface area (TPSA) is 96.6 Å². The number of H-pyrrole nitrogens is 1. The van der Waals surface area contributed by atoms with Crippen LogP contribution in [-0.2, 0) is 0 Å². The van der Waals surface area contributed by atoms with Crippen LogP contribution >= 0.6 is 0 Å². The van der Waals surface area contributed by atoms with Crippen molar-refractivity contribution in [2.45, 2.75) is 45.4 Å². The maximum Gasteiger partial charge on any atom is 0.202 e. The molecule has 4 heterocycles. The van der Waals surface area contributed by atoms with E-state index < -0.39 is 0 Å². The number of nitrogens with two attached hydrogens (primary N) is 1. The van der Waals surface area contributed by atoms with Crippen LogP contribution in [0.3, 0.4) is 0 Å². The Kier molecular flexibility index (Phi) is 3.77. The number of hydrogen-bond donors (Lipinski definition) is 2. The smallest absolute Gasteiger partial charge is 0.202 e. The maximum absolute atomic E-state index is 5.86. The fraction of sp³-hybridized carbons (Fsp3) is 0.500. The van der Waals surface area contributed by atoms with Crippen LogP contribution in [0.1, 0.15) is 44.1 Å². The number of rotatable bonds is 2. The lowest BCUT2D eigenvalue weighted by Gasteiger charge is -2.39. The number of aryl methyl sites for hydroxylation is 1. The summed E-state index contributed by atoms with van der Waals surface area (Å²) in [5.74, 6) is 1.41. The number of hydrogen-bond acceptors (Lipinski definition) is 6. The summed E-state index contributed by atoms with van der Waals surface area (Å²) in [7, 11) is 0. The monoisotopic (exact) mass is 363 g/mol. The quantitative estimate of drug-likeness (QED) is 0.724. The number of nitrogens with zero attached hydrogens (tertiary/aromatic N) is 5. The SMILES string of the molecule is Cc1cnc(N)cc1-c1[nH]nc2nc(N3CCC4(CCCC4)CC3)cnc12. The first-order valence-electron chi connectivity index (χ1n) is 9.82. The lowest BCUT2D eigenvalue weighted by molar-refractivity contribution is 0.226. The Bertz CT molecular complexity index is 977. The van der Waals surface area contributed by atoms with Gasteiger partial charge in [0.05, 0.1) is 11.9 Å². The van der Waals surface area contributed by atoms with Crippen molar-refractivity contribution in [3.05, 3.63) is 24.0 Å². The molecule has 0 atom stereocenters. The highest BCUT2D eigenvalue weighted by atomic mass is 15.2. The maximum atomic E-state index is 5.86. The zero-order valence-corrected chi connectivity index (χ0v) is 15.7. The highest BCUT2D eigenvalue weighted by Gasteiger charge is 2.37. The third kappa shape index (κ3) is 2.81. The first-order chi connectivity index (χ1) is 13.1. The van der Waals surface area contributed by atoms with Crippen molar-refractivity contribution in [3.8, 4) is 11.3 Å². The average molecular weight is 363 g/mol. The van der Waals surface area contributed by atoms with Crippen LogP contribution in [0.25, 0.3) is 22.4 Å². The third-order valence-corrected chi connectivity index (χ3v) is 6.46. The Hall–Kier alpha value is -2.70. The van der Waals surface area contributed by atoms with Gasteiger partial charge in [0.15, 0.2) is 0 Å². The van der Waals surface area contributed by atoms with E-state index in [2.05, 4.69) is 20.1 Å². The summed E-state index contributed by atoms with van der Waals surface area (Å²) >= 11 is 0. The Labute approximate surface area is 158 Å². The van der Waals surface area contributed by atoms with Gasteiger partial charge in [0, 0.05) is 24.8 Å². The van der Waals surface area contributed by atoms with E-state index >= 15 is 0 Å². The minimum Gasteiger partial charge on any atom is -0.384 e. The summed E-state index contributed by atoms with van der Waals surface area (Å²) in [5, 5.41) is 7.50. The van der Waals surface area contributed by atoms with E-state index in [1.165, 1.54) is 38.5 Å². The molecule has 1 saturated heterocycles. The van der Waals surface area contributed by atoms with E-state index in [9.17, 15) is 0 Å². The van der Waals surface area contributed by atoms with E-state index in [4.69, 9.17) is 15.7 Å². The Morgan fingerprint density at radius 1 is 1.07 bits per heavy atom. The van der Waals surface area contributed by atoms with Crippen LogP contribution in [0.2, 0.25) is 0 Å². The molecule has 1 aliphatic carbocycles. The van der Waals surface area contributed by atoms with Crippen molar-refractivity contribution in [2.75, 3.05) is 23.7 Å². The van der Waals surface area contributed by atoms with Crippen LogP contribution in [0.4, 0.5) is 11.6 Å². The molecule has 5 rings (SSSR count). The van der Waals surface area contributed by atoms with Gasteiger partial charge in [-0.05, 0) is 49.7 Å². The molecule has 27 heavy (non-hydrogen) atoms. The lowest BCUT2D eigenvalue weighted by atomic mass is 9.77. The van der Waals surface area contributed by atoms with Gasteiger partial charge in [-0.1, -0.05) is 12.8 Å². The zero-order chi connectivity index (χ0) is 18.4. The van der Waals surface area contributed by atoms with Gasteiger partial charge in [-0.25, -0.2) is 15.0 Å². The van der Waals surface area contributed by atoms with Crippen LogP contribution in [0.15, 0.2) is 18.5 Å². The Morgan fingerprint density at radius 2 is 1.85 bits per heavy atom. The minimum absolute atomic E-state index is 0.483. The minimum atomic E-state index is 0.483. The number of nitrogens with one attached hydrogen (secondary N) is 1. The molecule has 0 aromatic carbocycles. The number of nitrogen functional groups attached to an aromatic ring is 1. The van der Waals surface area contributed by atoms with Crippen molar-refractivity contribution < 1.29 is 0 Å². The van der Waals surface area contributed by atoms with Gasteiger partial charge >= 0.3 is 0 Å². The fourth-order valence-corrected chi connectivity index (χ4v) is 4.77. The van der Waals surface area contributed by atoms with E-state index in [-0.39, 0.29) is 0 Å². The predicted molar refractivity (Wildman–Crippen MR) is 106 cm³/mol. The van der Waals surface area contributed by atoms with Crippen molar-refractivity contribution in [1.82, 2.24) is 25.1 Å². The van der Waals surface area contributed by atoms with Gasteiger partial charge in [-0.2, -0.15) is 5.10 Å². The normalized spacial score (nSPS) is 19.2. The second-order valence-corrected chi connectivity index (χ2v) is 8.12. The number of piperidine rings is 1. The van der Waals surface area contributed by atoms with Gasteiger partial charge in [-0.15, -0.1) is 0 Å². The van der Waals surface area contributed by atoms with Crippen molar-refractivity contribution in [2.24, 2.45) is 5.41 Å². The first kappa shape index (κ1) is 16.5. The number of fused-ring (bicyclic) bond motifs is 1. The molecular formula is C20H25N7. The molecule has 2 fully saturated rings. The molecule has 1 saturated carbocycles. The lowest BCUT2D eigenvalue weighted by Crippen LogP contribution is -2.39. The molecule has 3 aromatic rings. The summed E-state index contributed by atoms with van der Waals surface area (Å²) in [6, 6.07) is 1.85. The van der Waals surface area contributed by atoms with Gasteiger partial charge in [0.2, 0.25) is 5.65 Å². The summed E-state index contributed by atoms with van der Waals surface area (Å²) in [6.07, 6.45) is 11.8. The van der Waals surface area contributed by atoms with Gasteiger partial charge < -0.3 is 10.6 Å². The standard InChI is InChI=1S/C20H25N7/c1-13-11-22-15(21)10-14(13)17-18-19(26-25-17)24-16(12-23-18)27-8-6-20(7-9-27)4-2-3-5-20/h10-12H,2-9H2,1H3,(H2,21,22)(H,24,25,26). The molecule has 0 amide bonds. The van der Waals surface area contributed by atoms with E-state index in [1.807, 2.05) is 19.2 Å². The number of aromatic amines is 1. The number of anilines is 2. The summed E-state index contributed by atoms with van der Waals surface area (Å²) < 4.78 is 0. The molecule has 2 aliphatic rings. The molecule has 1 aliphatic heterocycles. The molecule has 3 N–H and O–H groups in total. The molecule has 3 aromatic heterocycles. The van der Waals surface area contributed by atoms with Gasteiger partial charge in [0.1, 0.15) is 17.2 Å². The van der Waals surface area contributed by atoms with Crippen LogP contribution in [0, 0.1) is 12.3 Å². The summed E-state index contributed by atoms with van der Waals surface area (Å²) in [6.45, 7) is 4.14. The van der Waals surface area contributed by atoms with Crippen molar-refractivity contribution in [1.29, 1.82) is 0 Å². The van der Waals surface area contributed by atoms with E-state index in [0.29, 0.717) is 16.9 Å². The van der Waals surface area contributed by atoms with Crippen LogP contribution in [-0.4, -0.2) is 38.2 Å². The highest BCUT2D eigenvalue weighted by Crippen LogP contribution is 2.46. The van der Waals surface area contributed by atoms with Crippen LogP contribution in [0.5, 0.6) is 0 Å². The zero-order valence-electron chi connectivity index (χ0n) is 15.7. The Morgan fingerprint density at radius 3 is 2.63 bits per heavy atom. The largest absolute Gasteiger partial charge is 0.384 e. The van der Waals surface area contributed by atoms with Crippen LogP contribution < -0.4 is 10.6 Å². The second kappa shape index (κ2) is 6.18. The average Bonchev–Trinajstić information content (AvgIpc) is 3.31. The predicted octanol–water partition coefficient (Wildman–Crippen LogP) is 3.47. The van der Waals surface area contributed by atoms with Gasteiger partial charge in [-0.3, -0.25) is 5.10 Å². The van der Waals surface area contributed by atoms with Gasteiger partial charge in [0.25, 0.3) is 0 Å². The molecule has 1 spiro atoms. The summed E-state index contributed by atoms with van der Waals surface area (Å²) in [5.41, 5.74) is 10.7. The molecule has 7 heteroatoms. The highest BCUT2D eigenvalue weighted by molar-refractivity contribution is 5.89. The fourth-order valence-electron chi connectivity index (χ4n) is 4.77. The molecule has 7 nitrogen and oxygen atoms in total. The number of aromatic nitrogens is 5. The molecule has 0 radical (unpaired) electrons. The Balaban J connectivity index is 1.43. The molecule has 140 valence electrons. The van der Waals surface area contributed by atoms with E-state index in [0.717, 1.165) is 41.2 Å². The molecule has 0 unspecified atom stereocenters. The third-order valence-electron chi connectivity index (χ3n) is 6.46. The molecular weight excluding hydrogens is 338 g/mol. The molecule has 0 bridgehead atoms. The first-order valence-corrected chi connectivity index (χ1v) is 9.82. The second-order valence-electron chi connectivity index (χ2n) is 8.12. The van der Waals surface area contributed by atoms with Crippen molar-refractivity contribution >= 4 is 22.8 Å². The summed E-state index contributed by atoms with van der Waals surface area (Å²) in [4.78, 5) is 16.0. The number of pyridine rings is 1. The van der Waals surface area contributed by atoms with E-state index in [1.54, 1.807) is 6.20 Å². The van der Waals surface area contributed by atoms with Crippen molar-refractivity contribution in [3.63, 3.8) is 0 Å².